The van der Waals surface area contributed by atoms with Gasteiger partial charge in [-0.25, -0.2) is 29.2 Å². The Bertz CT molecular complexity index is 1480. The number of carbonyl (C=O) groups is 1. The number of aryl methyl sites for hydroxylation is 1. The highest BCUT2D eigenvalue weighted by molar-refractivity contribution is 5.87. The summed E-state index contributed by atoms with van der Waals surface area (Å²) in [7, 11) is 1.31. The van der Waals surface area contributed by atoms with Crippen LogP contribution in [-0.2, 0) is 4.74 Å². The number of nitrogens with zero attached hydrogens (tertiary/aromatic N) is 7. The van der Waals surface area contributed by atoms with Crippen LogP contribution in [0.2, 0.25) is 0 Å². The van der Waals surface area contributed by atoms with Crippen LogP contribution in [0.3, 0.4) is 0 Å². The van der Waals surface area contributed by atoms with Crippen LogP contribution in [0.25, 0.3) is 17.0 Å². The Labute approximate surface area is 193 Å². The summed E-state index contributed by atoms with van der Waals surface area (Å²) in [5.74, 6) is 1.43. The molecule has 0 amide bonds. The zero-order valence-corrected chi connectivity index (χ0v) is 18.3. The summed E-state index contributed by atoms with van der Waals surface area (Å²) in [6.45, 7) is 1.92. The first-order valence-corrected chi connectivity index (χ1v) is 10.3. The van der Waals surface area contributed by atoms with Gasteiger partial charge in [-0.2, -0.15) is 4.98 Å². The summed E-state index contributed by atoms with van der Waals surface area (Å²) in [6, 6.07) is 14.5. The first-order chi connectivity index (χ1) is 16.6. The van der Waals surface area contributed by atoms with E-state index >= 15 is 0 Å². The maximum atomic E-state index is 11.6. The van der Waals surface area contributed by atoms with E-state index in [0.29, 0.717) is 34.8 Å². The smallest absolute Gasteiger partial charge is 0.356 e. The van der Waals surface area contributed by atoms with Gasteiger partial charge in [0.2, 0.25) is 11.8 Å². The first kappa shape index (κ1) is 20.9. The van der Waals surface area contributed by atoms with Crippen LogP contribution in [-0.4, -0.2) is 47.6 Å². The van der Waals surface area contributed by atoms with Crippen molar-refractivity contribution in [3.05, 3.63) is 78.5 Å². The SMILES string of the molecule is COC(=O)c1ccc(Nc2nccc(Nc3nc(-c4cccc(C)n4)nn4cccc34)n2)cn1. The predicted molar refractivity (Wildman–Crippen MR) is 125 cm³/mol. The number of nitrogens with one attached hydrogen (secondary N) is 2. The van der Waals surface area contributed by atoms with Gasteiger partial charge in [0.05, 0.1) is 19.0 Å². The Morgan fingerprint density at radius 2 is 1.88 bits per heavy atom. The molecule has 0 bridgehead atoms. The number of carbonyl (C=O) groups excluding carboxylic acids is 1. The number of methoxy groups -OCH3 is 1. The van der Waals surface area contributed by atoms with Gasteiger partial charge in [-0.3, -0.25) is 0 Å². The molecule has 0 aliphatic rings. The fourth-order valence-electron chi connectivity index (χ4n) is 3.23. The van der Waals surface area contributed by atoms with Crippen molar-refractivity contribution >= 4 is 34.8 Å². The van der Waals surface area contributed by atoms with E-state index in [1.165, 1.54) is 13.3 Å². The van der Waals surface area contributed by atoms with Gasteiger partial charge in [-0.1, -0.05) is 6.07 Å². The zero-order chi connectivity index (χ0) is 23.5. The summed E-state index contributed by atoms with van der Waals surface area (Å²) in [5, 5.41) is 10.9. The van der Waals surface area contributed by atoms with Gasteiger partial charge in [0.25, 0.3) is 0 Å². The molecule has 0 unspecified atom stereocenters. The van der Waals surface area contributed by atoms with E-state index in [9.17, 15) is 4.79 Å². The Balaban J connectivity index is 1.42. The molecule has 0 atom stereocenters. The Morgan fingerprint density at radius 3 is 2.68 bits per heavy atom. The second-order valence-electron chi connectivity index (χ2n) is 7.23. The second-order valence-corrected chi connectivity index (χ2v) is 7.23. The fraction of sp³-hybridized carbons (Fsp3) is 0.0870. The van der Waals surface area contributed by atoms with Crippen LogP contribution in [0.15, 0.2) is 67.1 Å². The van der Waals surface area contributed by atoms with E-state index in [-0.39, 0.29) is 5.69 Å². The number of hydrogen-bond donors (Lipinski definition) is 2. The lowest BCUT2D eigenvalue weighted by Crippen LogP contribution is -2.06. The molecule has 0 aliphatic heterocycles. The number of hydrogen-bond acceptors (Lipinski definition) is 10. The molecule has 2 N–H and O–H groups in total. The van der Waals surface area contributed by atoms with Gasteiger partial charge in [0.1, 0.15) is 22.7 Å². The first-order valence-electron chi connectivity index (χ1n) is 10.3. The maximum Gasteiger partial charge on any atom is 0.356 e. The van der Waals surface area contributed by atoms with E-state index < -0.39 is 5.97 Å². The molecule has 0 fully saturated rings. The molecule has 11 nitrogen and oxygen atoms in total. The highest BCUT2D eigenvalue weighted by Crippen LogP contribution is 2.23. The van der Waals surface area contributed by atoms with E-state index in [4.69, 9.17) is 0 Å². The molecule has 34 heavy (non-hydrogen) atoms. The van der Waals surface area contributed by atoms with Crippen LogP contribution in [0.5, 0.6) is 0 Å². The molecule has 0 saturated carbocycles. The minimum atomic E-state index is -0.504. The van der Waals surface area contributed by atoms with Crippen molar-refractivity contribution in [2.24, 2.45) is 0 Å². The molecule has 168 valence electrons. The van der Waals surface area contributed by atoms with Crippen LogP contribution in [0.1, 0.15) is 16.2 Å². The van der Waals surface area contributed by atoms with Gasteiger partial charge < -0.3 is 15.4 Å². The minimum Gasteiger partial charge on any atom is -0.464 e. The minimum absolute atomic E-state index is 0.211. The van der Waals surface area contributed by atoms with Crippen LogP contribution >= 0.6 is 0 Å². The van der Waals surface area contributed by atoms with Crippen LogP contribution < -0.4 is 10.6 Å². The summed E-state index contributed by atoms with van der Waals surface area (Å²) >= 11 is 0. The molecule has 0 radical (unpaired) electrons. The maximum absolute atomic E-state index is 11.6. The van der Waals surface area contributed by atoms with Crippen molar-refractivity contribution < 1.29 is 9.53 Å². The molecule has 0 spiro atoms. The fourth-order valence-corrected chi connectivity index (χ4v) is 3.23. The van der Waals surface area contributed by atoms with Gasteiger partial charge in [-0.05, 0) is 49.4 Å². The summed E-state index contributed by atoms with van der Waals surface area (Å²) in [5.41, 5.74) is 3.17. The average Bonchev–Trinajstić information content (AvgIpc) is 3.33. The van der Waals surface area contributed by atoms with Crippen molar-refractivity contribution in [1.82, 2.24) is 34.5 Å². The van der Waals surface area contributed by atoms with Gasteiger partial charge in [0.15, 0.2) is 5.82 Å². The molecule has 5 heterocycles. The molecule has 11 heteroatoms. The molecule has 0 aromatic carbocycles. The third-order valence-electron chi connectivity index (χ3n) is 4.82. The second kappa shape index (κ2) is 8.90. The third-order valence-corrected chi connectivity index (χ3v) is 4.82. The van der Waals surface area contributed by atoms with Gasteiger partial charge in [-0.15, -0.1) is 5.10 Å². The summed E-state index contributed by atoms with van der Waals surface area (Å²) in [6.07, 6.45) is 4.97. The van der Waals surface area contributed by atoms with E-state index in [1.54, 1.807) is 28.9 Å². The molecular formula is C23H19N9O2. The Kier molecular flexibility index (Phi) is 5.48. The van der Waals surface area contributed by atoms with E-state index in [1.807, 2.05) is 43.5 Å². The van der Waals surface area contributed by atoms with Crippen molar-refractivity contribution in [1.29, 1.82) is 0 Å². The lowest BCUT2D eigenvalue weighted by Gasteiger charge is -2.10. The van der Waals surface area contributed by atoms with Crippen LogP contribution in [0, 0.1) is 6.92 Å². The Morgan fingerprint density at radius 1 is 0.971 bits per heavy atom. The van der Waals surface area contributed by atoms with E-state index in [0.717, 1.165) is 11.2 Å². The average molecular weight is 453 g/mol. The van der Waals surface area contributed by atoms with Crippen LogP contribution in [0.4, 0.5) is 23.3 Å². The zero-order valence-electron chi connectivity index (χ0n) is 18.3. The summed E-state index contributed by atoms with van der Waals surface area (Å²) in [4.78, 5) is 33.6. The number of aromatic nitrogens is 7. The Hall–Kier alpha value is -4.93. The molecule has 0 saturated heterocycles. The van der Waals surface area contributed by atoms with Crippen molar-refractivity contribution in [2.45, 2.75) is 6.92 Å². The standard InChI is InChI=1S/C23H19N9O2/c1-14-5-3-6-16(26-14)20-30-21(18-7-4-12-32(18)31-20)28-19-10-11-24-23(29-19)27-15-8-9-17(25-13-15)22(33)34-2/h3-13H,1-2H3,(H2,24,27,28,29,30,31). The number of anilines is 4. The van der Waals surface area contributed by atoms with Crippen molar-refractivity contribution in [3.63, 3.8) is 0 Å². The highest BCUT2D eigenvalue weighted by atomic mass is 16.5. The quantitative estimate of drug-likeness (QED) is 0.368. The monoisotopic (exact) mass is 453 g/mol. The molecule has 0 aliphatic carbocycles. The number of rotatable bonds is 6. The number of fused-ring (bicyclic) bond motifs is 1. The normalized spacial score (nSPS) is 10.8. The highest BCUT2D eigenvalue weighted by Gasteiger charge is 2.12. The third kappa shape index (κ3) is 4.35. The molecule has 5 aromatic rings. The van der Waals surface area contributed by atoms with Gasteiger partial charge >= 0.3 is 5.97 Å². The lowest BCUT2D eigenvalue weighted by molar-refractivity contribution is 0.0594. The van der Waals surface area contributed by atoms with Gasteiger partial charge in [0, 0.05) is 18.1 Å². The predicted octanol–water partition coefficient (Wildman–Crippen LogP) is 3.56. The number of pyridine rings is 2. The summed E-state index contributed by atoms with van der Waals surface area (Å²) < 4.78 is 6.40. The lowest BCUT2D eigenvalue weighted by atomic mass is 10.3. The number of ether oxygens (including phenoxy) is 1. The van der Waals surface area contributed by atoms with E-state index in [2.05, 4.69) is 45.4 Å². The van der Waals surface area contributed by atoms with Crippen molar-refractivity contribution in [2.75, 3.05) is 17.7 Å². The number of esters is 1. The largest absolute Gasteiger partial charge is 0.464 e. The molecule has 5 rings (SSSR count). The topological polar surface area (TPSA) is 132 Å². The molecule has 5 aromatic heterocycles. The van der Waals surface area contributed by atoms with Crippen molar-refractivity contribution in [3.8, 4) is 11.5 Å². The molecular weight excluding hydrogens is 434 g/mol.